The first-order chi connectivity index (χ1) is 6.68. The first-order valence-corrected chi connectivity index (χ1v) is 5.76. The van der Waals surface area contributed by atoms with Crippen LogP contribution >= 0.6 is 11.8 Å². The van der Waals surface area contributed by atoms with E-state index in [1.807, 2.05) is 7.05 Å². The molecular formula is C9H14N2O2S. The third kappa shape index (κ3) is 1.79. The number of amides is 1. The number of ether oxygens (including phenoxy) is 1. The molecule has 0 saturated carbocycles. The van der Waals surface area contributed by atoms with Gasteiger partial charge in [0.1, 0.15) is 0 Å². The Labute approximate surface area is 87.7 Å². The summed E-state index contributed by atoms with van der Waals surface area (Å²) in [5, 5.41) is 0.845. The molecule has 2 aliphatic heterocycles. The lowest BCUT2D eigenvalue weighted by Gasteiger charge is -2.27. The highest BCUT2D eigenvalue weighted by Crippen LogP contribution is 2.24. The molecule has 0 aliphatic carbocycles. The van der Waals surface area contributed by atoms with E-state index in [0.29, 0.717) is 11.8 Å². The topological polar surface area (TPSA) is 41.9 Å². The molecule has 2 atom stereocenters. The summed E-state index contributed by atoms with van der Waals surface area (Å²) >= 11 is 1.52. The van der Waals surface area contributed by atoms with Gasteiger partial charge in [-0.05, 0) is 13.3 Å². The molecule has 0 aromatic rings. The molecule has 0 bridgehead atoms. The normalized spacial score (nSPS) is 32.1. The second-order valence-corrected chi connectivity index (χ2v) is 4.56. The van der Waals surface area contributed by atoms with E-state index in [1.165, 1.54) is 11.8 Å². The number of thioether (sulfide) groups is 1. The van der Waals surface area contributed by atoms with Crippen LogP contribution in [0.5, 0.6) is 0 Å². The zero-order chi connectivity index (χ0) is 10.1. The summed E-state index contributed by atoms with van der Waals surface area (Å²) in [5.41, 5.74) is 0. The Kier molecular flexibility index (Phi) is 2.78. The van der Waals surface area contributed by atoms with E-state index in [-0.39, 0.29) is 12.0 Å². The number of carbonyl (C=O) groups excluding carboxylic acids is 1. The van der Waals surface area contributed by atoms with Crippen molar-refractivity contribution in [1.82, 2.24) is 4.90 Å². The molecule has 1 saturated heterocycles. The molecule has 2 heterocycles. The predicted molar refractivity (Wildman–Crippen MR) is 56.5 cm³/mol. The van der Waals surface area contributed by atoms with Crippen molar-refractivity contribution in [3.05, 3.63) is 0 Å². The fraction of sp³-hybridized carbons (Fsp3) is 0.778. The van der Waals surface area contributed by atoms with Crippen LogP contribution in [0.2, 0.25) is 0 Å². The van der Waals surface area contributed by atoms with Gasteiger partial charge in [0.25, 0.3) is 5.91 Å². The molecule has 0 spiro atoms. The van der Waals surface area contributed by atoms with Crippen molar-refractivity contribution in [2.45, 2.75) is 25.5 Å². The van der Waals surface area contributed by atoms with Crippen molar-refractivity contribution in [3.8, 4) is 0 Å². The maximum atomic E-state index is 11.0. The zero-order valence-electron chi connectivity index (χ0n) is 8.40. The van der Waals surface area contributed by atoms with E-state index in [1.54, 1.807) is 0 Å². The molecule has 1 fully saturated rings. The van der Waals surface area contributed by atoms with E-state index in [0.717, 1.165) is 18.2 Å². The van der Waals surface area contributed by atoms with Gasteiger partial charge in [-0.15, -0.1) is 0 Å². The summed E-state index contributed by atoms with van der Waals surface area (Å²) in [6, 6.07) is 0.368. The molecule has 5 heteroatoms. The summed E-state index contributed by atoms with van der Waals surface area (Å²) in [4.78, 5) is 17.0. The predicted octanol–water partition coefficient (Wildman–Crippen LogP) is 0.725. The van der Waals surface area contributed by atoms with Crippen LogP contribution < -0.4 is 0 Å². The minimum Gasteiger partial charge on any atom is -0.376 e. The largest absolute Gasteiger partial charge is 0.376 e. The van der Waals surface area contributed by atoms with E-state index in [4.69, 9.17) is 4.74 Å². The maximum Gasteiger partial charge on any atom is 0.258 e. The molecular weight excluding hydrogens is 200 g/mol. The lowest BCUT2D eigenvalue weighted by atomic mass is 10.1. The maximum absolute atomic E-state index is 11.0. The molecule has 2 rings (SSSR count). The number of aliphatic imine (C=N–C) groups is 1. The molecule has 2 unspecified atom stereocenters. The zero-order valence-corrected chi connectivity index (χ0v) is 9.21. The number of nitrogens with zero attached hydrogens (tertiary/aromatic N) is 2. The van der Waals surface area contributed by atoms with Crippen LogP contribution in [0.4, 0.5) is 0 Å². The van der Waals surface area contributed by atoms with Gasteiger partial charge in [-0.1, -0.05) is 11.8 Å². The van der Waals surface area contributed by atoms with Crippen LogP contribution in [0.15, 0.2) is 4.99 Å². The van der Waals surface area contributed by atoms with Gasteiger partial charge in [-0.2, -0.15) is 4.99 Å². The average molecular weight is 214 g/mol. The highest BCUT2D eigenvalue weighted by molar-refractivity contribution is 8.14. The van der Waals surface area contributed by atoms with Crippen LogP contribution in [0.1, 0.15) is 13.3 Å². The fourth-order valence-electron chi connectivity index (χ4n) is 1.85. The average Bonchev–Trinajstić information content (AvgIpc) is 2.73. The lowest BCUT2D eigenvalue weighted by Crippen LogP contribution is -2.39. The summed E-state index contributed by atoms with van der Waals surface area (Å²) in [6.45, 7) is 2.87. The Bertz CT molecular complexity index is 280. The molecule has 0 aromatic carbocycles. The van der Waals surface area contributed by atoms with Crippen LogP contribution in [0.3, 0.4) is 0 Å². The van der Waals surface area contributed by atoms with Crippen molar-refractivity contribution in [2.24, 2.45) is 4.99 Å². The van der Waals surface area contributed by atoms with Crippen molar-refractivity contribution >= 4 is 22.8 Å². The van der Waals surface area contributed by atoms with Crippen LogP contribution in [0.25, 0.3) is 0 Å². The first-order valence-electron chi connectivity index (χ1n) is 4.77. The molecule has 0 radical (unpaired) electrons. The Morgan fingerprint density at radius 2 is 2.43 bits per heavy atom. The fourth-order valence-corrected chi connectivity index (χ4v) is 2.67. The van der Waals surface area contributed by atoms with Gasteiger partial charge in [-0.3, -0.25) is 4.79 Å². The van der Waals surface area contributed by atoms with E-state index >= 15 is 0 Å². The standard InChI is InChI=1S/C9H14N2O2S/c1-6-7(3-4-13-6)11(2)9-10-8(12)5-14-9/h6-7H,3-5H2,1-2H3. The van der Waals surface area contributed by atoms with E-state index in [9.17, 15) is 4.79 Å². The Hall–Kier alpha value is -0.550. The summed E-state index contributed by atoms with van der Waals surface area (Å²) in [6.07, 6.45) is 1.25. The Morgan fingerprint density at radius 3 is 2.93 bits per heavy atom. The molecule has 0 aromatic heterocycles. The number of hydrogen-bond acceptors (Lipinski definition) is 4. The van der Waals surface area contributed by atoms with Crippen molar-refractivity contribution in [1.29, 1.82) is 0 Å². The Morgan fingerprint density at radius 1 is 1.64 bits per heavy atom. The highest BCUT2D eigenvalue weighted by Gasteiger charge is 2.31. The molecule has 4 nitrogen and oxygen atoms in total. The SMILES string of the molecule is CC1OCCC1N(C)C1=NC(=O)CS1. The van der Waals surface area contributed by atoms with E-state index in [2.05, 4.69) is 16.8 Å². The van der Waals surface area contributed by atoms with Gasteiger partial charge in [0.15, 0.2) is 5.17 Å². The third-order valence-corrected chi connectivity index (χ3v) is 3.71. The Balaban J connectivity index is 2.04. The lowest BCUT2D eigenvalue weighted by molar-refractivity contribution is -0.115. The second kappa shape index (κ2) is 3.90. The molecule has 14 heavy (non-hydrogen) atoms. The van der Waals surface area contributed by atoms with Gasteiger partial charge in [0.05, 0.1) is 17.9 Å². The number of likely N-dealkylation sites (N-methyl/N-ethyl adjacent to an activating group) is 1. The molecule has 1 amide bonds. The summed E-state index contributed by atoms with van der Waals surface area (Å²) < 4.78 is 5.48. The van der Waals surface area contributed by atoms with E-state index < -0.39 is 0 Å². The number of carbonyl (C=O) groups is 1. The van der Waals surface area contributed by atoms with Crippen molar-refractivity contribution in [2.75, 3.05) is 19.4 Å². The van der Waals surface area contributed by atoms with Gasteiger partial charge >= 0.3 is 0 Å². The highest BCUT2D eigenvalue weighted by atomic mass is 32.2. The van der Waals surface area contributed by atoms with Crippen LogP contribution in [0, 0.1) is 0 Å². The van der Waals surface area contributed by atoms with Crippen molar-refractivity contribution < 1.29 is 9.53 Å². The smallest absolute Gasteiger partial charge is 0.258 e. The molecule has 0 N–H and O–H groups in total. The summed E-state index contributed by atoms with van der Waals surface area (Å²) in [7, 11) is 1.99. The third-order valence-electron chi connectivity index (χ3n) is 2.68. The quantitative estimate of drug-likeness (QED) is 0.645. The van der Waals surface area contributed by atoms with Crippen LogP contribution in [-0.2, 0) is 9.53 Å². The van der Waals surface area contributed by atoms with Gasteiger partial charge < -0.3 is 9.64 Å². The van der Waals surface area contributed by atoms with Gasteiger partial charge in [0, 0.05) is 13.7 Å². The van der Waals surface area contributed by atoms with Gasteiger partial charge in [-0.25, -0.2) is 0 Å². The molecule has 78 valence electrons. The molecule has 2 aliphatic rings. The first kappa shape index (κ1) is 9.98. The minimum atomic E-state index is -0.0246. The van der Waals surface area contributed by atoms with Crippen molar-refractivity contribution in [3.63, 3.8) is 0 Å². The van der Waals surface area contributed by atoms with Crippen LogP contribution in [-0.4, -0.2) is 47.5 Å². The van der Waals surface area contributed by atoms with Gasteiger partial charge in [0.2, 0.25) is 0 Å². The monoisotopic (exact) mass is 214 g/mol. The minimum absolute atomic E-state index is 0.0246. The summed E-state index contributed by atoms with van der Waals surface area (Å²) in [5.74, 6) is 0.463. The second-order valence-electron chi connectivity index (χ2n) is 3.62. The number of rotatable bonds is 1. The number of amidine groups is 1. The number of hydrogen-bond donors (Lipinski definition) is 0.